The Morgan fingerprint density at radius 3 is 2.75 bits per heavy atom. The number of halogens is 2. The molecule has 0 atom stereocenters. The summed E-state index contributed by atoms with van der Waals surface area (Å²) in [5, 5.41) is 2.59. The third-order valence-electron chi connectivity index (χ3n) is 2.65. The molecule has 0 heterocycles. The van der Waals surface area contributed by atoms with Crippen molar-refractivity contribution in [2.75, 3.05) is 11.9 Å². The molecule has 0 aliphatic heterocycles. The molecule has 0 aliphatic carbocycles. The van der Waals surface area contributed by atoms with Gasteiger partial charge in [0.2, 0.25) is 0 Å². The summed E-state index contributed by atoms with van der Waals surface area (Å²) in [6, 6.07) is 12.0. The van der Waals surface area contributed by atoms with E-state index in [-0.39, 0.29) is 18.3 Å². The van der Waals surface area contributed by atoms with Crippen LogP contribution in [0.15, 0.2) is 42.5 Å². The number of benzene rings is 2. The van der Waals surface area contributed by atoms with Gasteiger partial charge in [-0.25, -0.2) is 4.39 Å². The highest BCUT2D eigenvalue weighted by Gasteiger charge is 2.07. The lowest BCUT2D eigenvalue weighted by molar-refractivity contribution is -0.118. The Bertz CT molecular complexity index is 631. The van der Waals surface area contributed by atoms with Gasteiger partial charge in [-0.2, -0.15) is 0 Å². The number of amides is 1. The number of carbonyl (C=O) groups excluding carboxylic acids is 1. The second-order valence-electron chi connectivity index (χ2n) is 4.23. The zero-order chi connectivity index (χ0) is 14.5. The van der Waals surface area contributed by atoms with Gasteiger partial charge in [-0.1, -0.05) is 18.2 Å². The number of hydrogen-bond donors (Lipinski definition) is 1. The smallest absolute Gasteiger partial charge is 0.262 e. The molecule has 20 heavy (non-hydrogen) atoms. The number of anilines is 1. The van der Waals surface area contributed by atoms with Crippen molar-refractivity contribution in [2.45, 2.75) is 6.92 Å². The highest BCUT2D eigenvalue weighted by Crippen LogP contribution is 2.19. The molecule has 0 bridgehead atoms. The van der Waals surface area contributed by atoms with E-state index in [0.29, 0.717) is 17.0 Å². The molecule has 0 fully saturated rings. The van der Waals surface area contributed by atoms with Crippen molar-refractivity contribution in [3.8, 4) is 5.75 Å². The van der Waals surface area contributed by atoms with Crippen LogP contribution in [0, 0.1) is 16.3 Å². The average molecular weight is 385 g/mol. The van der Waals surface area contributed by atoms with Crippen molar-refractivity contribution in [1.29, 1.82) is 0 Å². The van der Waals surface area contributed by atoms with Gasteiger partial charge in [-0.05, 0) is 59.3 Å². The minimum atomic E-state index is -0.346. The van der Waals surface area contributed by atoms with Crippen LogP contribution in [0.25, 0.3) is 0 Å². The Labute approximate surface area is 130 Å². The predicted molar refractivity (Wildman–Crippen MR) is 84.4 cm³/mol. The molecule has 104 valence electrons. The first-order valence-corrected chi connectivity index (χ1v) is 7.07. The Morgan fingerprint density at radius 1 is 1.30 bits per heavy atom. The second kappa shape index (κ2) is 6.69. The quantitative estimate of drug-likeness (QED) is 0.815. The molecule has 1 N–H and O–H groups in total. The van der Waals surface area contributed by atoms with Gasteiger partial charge in [0.15, 0.2) is 6.61 Å². The van der Waals surface area contributed by atoms with Gasteiger partial charge in [-0.15, -0.1) is 0 Å². The van der Waals surface area contributed by atoms with Crippen LogP contribution in [0.5, 0.6) is 5.75 Å². The SMILES string of the molecule is Cc1ccc(NC(=O)COc2ccccc2I)cc1F. The molecule has 0 unspecified atom stereocenters. The molecule has 2 rings (SSSR count). The molecule has 3 nitrogen and oxygen atoms in total. The summed E-state index contributed by atoms with van der Waals surface area (Å²) >= 11 is 2.13. The van der Waals surface area contributed by atoms with Crippen LogP contribution < -0.4 is 10.1 Å². The standard InChI is InChI=1S/C15H13FINO2/c1-10-6-7-11(8-12(10)16)18-15(19)9-20-14-5-3-2-4-13(14)17/h2-8H,9H2,1H3,(H,18,19). The van der Waals surface area contributed by atoms with E-state index in [2.05, 4.69) is 27.9 Å². The number of hydrogen-bond acceptors (Lipinski definition) is 2. The maximum Gasteiger partial charge on any atom is 0.262 e. The summed E-state index contributed by atoms with van der Waals surface area (Å²) in [6.07, 6.45) is 0. The van der Waals surface area contributed by atoms with Crippen LogP contribution in [0.4, 0.5) is 10.1 Å². The summed E-state index contributed by atoms with van der Waals surface area (Å²) in [5.41, 5.74) is 0.961. The van der Waals surface area contributed by atoms with Gasteiger partial charge in [0, 0.05) is 5.69 Å². The number of ether oxygens (including phenoxy) is 1. The number of carbonyl (C=O) groups is 1. The molecule has 0 spiro atoms. The molecule has 2 aromatic carbocycles. The summed E-state index contributed by atoms with van der Waals surface area (Å²) in [7, 11) is 0. The van der Waals surface area contributed by atoms with Gasteiger partial charge in [-0.3, -0.25) is 4.79 Å². The normalized spacial score (nSPS) is 10.2. The van der Waals surface area contributed by atoms with Crippen molar-refractivity contribution >= 4 is 34.2 Å². The zero-order valence-electron chi connectivity index (χ0n) is 10.8. The Morgan fingerprint density at radius 2 is 2.05 bits per heavy atom. The first-order valence-electron chi connectivity index (χ1n) is 5.99. The van der Waals surface area contributed by atoms with Crippen molar-refractivity contribution in [3.05, 3.63) is 57.4 Å². The lowest BCUT2D eigenvalue weighted by Crippen LogP contribution is -2.20. The van der Waals surface area contributed by atoms with E-state index in [1.807, 2.05) is 18.2 Å². The largest absolute Gasteiger partial charge is 0.483 e. The van der Waals surface area contributed by atoms with Crippen LogP contribution in [0.3, 0.4) is 0 Å². The van der Waals surface area contributed by atoms with Crippen LogP contribution in [-0.2, 0) is 4.79 Å². The van der Waals surface area contributed by atoms with E-state index in [1.165, 1.54) is 6.07 Å². The van der Waals surface area contributed by atoms with Gasteiger partial charge in [0.25, 0.3) is 5.91 Å². The lowest BCUT2D eigenvalue weighted by Gasteiger charge is -2.09. The van der Waals surface area contributed by atoms with E-state index in [9.17, 15) is 9.18 Å². The molecule has 0 radical (unpaired) electrons. The van der Waals surface area contributed by atoms with E-state index in [0.717, 1.165) is 3.57 Å². The summed E-state index contributed by atoms with van der Waals surface area (Å²) in [5.74, 6) is -0.0208. The van der Waals surface area contributed by atoms with Gasteiger partial charge in [0.1, 0.15) is 11.6 Å². The minimum absolute atomic E-state index is 0.116. The number of nitrogens with one attached hydrogen (secondary N) is 1. The third kappa shape index (κ3) is 3.93. The van der Waals surface area contributed by atoms with Crippen molar-refractivity contribution < 1.29 is 13.9 Å². The first kappa shape index (κ1) is 14.8. The third-order valence-corrected chi connectivity index (χ3v) is 3.54. The maximum atomic E-state index is 13.3. The Kier molecular flexibility index (Phi) is 4.94. The van der Waals surface area contributed by atoms with Crippen LogP contribution in [0.1, 0.15) is 5.56 Å². The number of aryl methyl sites for hydroxylation is 1. The molecule has 0 saturated carbocycles. The molecule has 5 heteroatoms. The number of para-hydroxylation sites is 1. The predicted octanol–water partition coefficient (Wildman–Crippen LogP) is 3.76. The molecule has 0 aromatic heterocycles. The zero-order valence-corrected chi connectivity index (χ0v) is 13.0. The fourth-order valence-corrected chi connectivity index (χ4v) is 2.12. The topological polar surface area (TPSA) is 38.3 Å². The van der Waals surface area contributed by atoms with E-state index >= 15 is 0 Å². The molecule has 1 amide bonds. The highest BCUT2D eigenvalue weighted by molar-refractivity contribution is 14.1. The fourth-order valence-electron chi connectivity index (χ4n) is 1.57. The monoisotopic (exact) mass is 385 g/mol. The molecular formula is C15H13FINO2. The highest BCUT2D eigenvalue weighted by atomic mass is 127. The van der Waals surface area contributed by atoms with Crippen molar-refractivity contribution in [1.82, 2.24) is 0 Å². The second-order valence-corrected chi connectivity index (χ2v) is 5.39. The molecule has 0 aliphatic rings. The molecule has 2 aromatic rings. The van der Waals surface area contributed by atoms with Crippen molar-refractivity contribution in [2.24, 2.45) is 0 Å². The van der Waals surface area contributed by atoms with Crippen molar-refractivity contribution in [3.63, 3.8) is 0 Å². The molecular weight excluding hydrogens is 372 g/mol. The lowest BCUT2D eigenvalue weighted by atomic mass is 10.2. The molecule has 0 saturated heterocycles. The average Bonchev–Trinajstić information content (AvgIpc) is 2.42. The summed E-state index contributed by atoms with van der Waals surface area (Å²) in [4.78, 5) is 11.7. The van der Waals surface area contributed by atoms with E-state index < -0.39 is 0 Å². The summed E-state index contributed by atoms with van der Waals surface area (Å²) < 4.78 is 19.7. The van der Waals surface area contributed by atoms with Crippen LogP contribution in [0.2, 0.25) is 0 Å². The maximum absolute atomic E-state index is 13.3. The van der Waals surface area contributed by atoms with E-state index in [4.69, 9.17) is 4.74 Å². The van der Waals surface area contributed by atoms with E-state index in [1.54, 1.807) is 25.1 Å². The van der Waals surface area contributed by atoms with Crippen LogP contribution in [-0.4, -0.2) is 12.5 Å². The Balaban J connectivity index is 1.93. The number of rotatable bonds is 4. The van der Waals surface area contributed by atoms with Crippen LogP contribution >= 0.6 is 22.6 Å². The van der Waals surface area contributed by atoms with Gasteiger partial charge >= 0.3 is 0 Å². The Hall–Kier alpha value is -1.63. The summed E-state index contributed by atoms with van der Waals surface area (Å²) in [6.45, 7) is 1.55. The fraction of sp³-hybridized carbons (Fsp3) is 0.133. The van der Waals surface area contributed by atoms with Gasteiger partial charge < -0.3 is 10.1 Å². The minimum Gasteiger partial charge on any atom is -0.483 e. The van der Waals surface area contributed by atoms with Gasteiger partial charge in [0.05, 0.1) is 3.57 Å². The first-order chi connectivity index (χ1) is 9.56.